The van der Waals surface area contributed by atoms with Gasteiger partial charge in [-0.05, 0) is 12.5 Å². The van der Waals surface area contributed by atoms with Crippen molar-refractivity contribution in [2.24, 2.45) is 0 Å². The summed E-state index contributed by atoms with van der Waals surface area (Å²) in [5, 5.41) is 0. The van der Waals surface area contributed by atoms with Gasteiger partial charge >= 0.3 is 0 Å². The van der Waals surface area contributed by atoms with Gasteiger partial charge in [-0.3, -0.25) is 4.79 Å². The van der Waals surface area contributed by atoms with Gasteiger partial charge in [0.15, 0.2) is 5.78 Å². The lowest BCUT2D eigenvalue weighted by Gasteiger charge is -2.01. The number of hydrogen-bond donors (Lipinski definition) is 0. The van der Waals surface area contributed by atoms with Gasteiger partial charge in [0.05, 0.1) is 0 Å². The normalized spacial score (nSPS) is 11.3. The predicted octanol–water partition coefficient (Wildman–Crippen LogP) is 1.75. The molecule has 14 heavy (non-hydrogen) atoms. The molecule has 0 aliphatic heterocycles. The average molecular weight is 233 g/mol. The maximum absolute atomic E-state index is 11.4. The van der Waals surface area contributed by atoms with E-state index in [0.717, 1.165) is 5.56 Å². The summed E-state index contributed by atoms with van der Waals surface area (Å²) in [5.74, 6) is -1.13. The monoisotopic (exact) mass is 232 g/mol. The molecule has 0 aromatic heterocycles. The van der Waals surface area contributed by atoms with E-state index in [-0.39, 0.29) is 0 Å². The maximum Gasteiger partial charge on any atom is 0.240 e. The molecule has 0 saturated heterocycles. The number of carbonyl (C=O) groups excluding carboxylic acids is 1. The van der Waals surface area contributed by atoms with E-state index < -0.39 is 20.6 Å². The Morgan fingerprint density at radius 2 is 1.93 bits per heavy atom. The molecule has 0 amide bonds. The standard InChI is InChI=1S/C9H9ClO3S/c1-7-4-2-3-5-8(7)9(11)6-14(10,12)13/h2-5H,6H2,1H3. The highest BCUT2D eigenvalue weighted by atomic mass is 35.7. The Balaban J connectivity index is 2.97. The number of ketones is 1. The zero-order valence-electron chi connectivity index (χ0n) is 7.53. The third-order valence-electron chi connectivity index (χ3n) is 1.75. The van der Waals surface area contributed by atoms with Crippen molar-refractivity contribution in [3.05, 3.63) is 35.4 Å². The molecule has 5 heteroatoms. The van der Waals surface area contributed by atoms with Crippen LogP contribution in [0.25, 0.3) is 0 Å². The fraction of sp³-hybridized carbons (Fsp3) is 0.222. The first-order valence-electron chi connectivity index (χ1n) is 3.91. The second-order valence-electron chi connectivity index (χ2n) is 2.92. The minimum absolute atomic E-state index is 0.400. The van der Waals surface area contributed by atoms with Crippen LogP contribution < -0.4 is 0 Å². The fourth-order valence-corrected chi connectivity index (χ4v) is 1.89. The number of rotatable bonds is 3. The molecule has 0 fully saturated rings. The Labute approximate surface area is 87.1 Å². The minimum Gasteiger partial charge on any atom is -0.293 e. The molecule has 0 aliphatic carbocycles. The van der Waals surface area contributed by atoms with Gasteiger partial charge in [0, 0.05) is 16.2 Å². The van der Waals surface area contributed by atoms with Crippen LogP contribution in [0.1, 0.15) is 15.9 Å². The second-order valence-corrected chi connectivity index (χ2v) is 5.70. The summed E-state index contributed by atoms with van der Waals surface area (Å²) in [6.45, 7) is 1.74. The summed E-state index contributed by atoms with van der Waals surface area (Å²) < 4.78 is 21.3. The van der Waals surface area contributed by atoms with Crippen LogP contribution in [0.5, 0.6) is 0 Å². The molecule has 0 aliphatic rings. The molecule has 0 atom stereocenters. The van der Waals surface area contributed by atoms with Crippen LogP contribution in [-0.2, 0) is 9.05 Å². The molecule has 1 aromatic rings. The highest BCUT2D eigenvalue weighted by Gasteiger charge is 2.16. The van der Waals surface area contributed by atoms with Crippen LogP contribution in [0, 0.1) is 6.92 Å². The van der Waals surface area contributed by atoms with Crippen LogP contribution >= 0.6 is 10.7 Å². The Morgan fingerprint density at radius 1 is 1.36 bits per heavy atom. The fourth-order valence-electron chi connectivity index (χ4n) is 1.12. The lowest BCUT2D eigenvalue weighted by molar-refractivity contribution is 0.102. The molecule has 0 heterocycles. The van der Waals surface area contributed by atoms with Crippen LogP contribution in [-0.4, -0.2) is 20.0 Å². The van der Waals surface area contributed by atoms with E-state index in [1.165, 1.54) is 0 Å². The van der Waals surface area contributed by atoms with Crippen LogP contribution in [0.4, 0.5) is 0 Å². The second kappa shape index (κ2) is 4.11. The SMILES string of the molecule is Cc1ccccc1C(=O)CS(=O)(=O)Cl. The van der Waals surface area contributed by atoms with E-state index in [4.69, 9.17) is 10.7 Å². The first-order valence-corrected chi connectivity index (χ1v) is 6.39. The van der Waals surface area contributed by atoms with Gasteiger partial charge in [0.1, 0.15) is 5.75 Å². The minimum atomic E-state index is -3.77. The number of aryl methyl sites for hydroxylation is 1. The van der Waals surface area contributed by atoms with Gasteiger partial charge in [-0.1, -0.05) is 24.3 Å². The Hall–Kier alpha value is -0.870. The largest absolute Gasteiger partial charge is 0.293 e. The predicted molar refractivity (Wildman–Crippen MR) is 55.1 cm³/mol. The Morgan fingerprint density at radius 3 is 2.43 bits per heavy atom. The zero-order chi connectivity index (χ0) is 10.8. The third kappa shape index (κ3) is 3.12. The van der Waals surface area contributed by atoms with Crippen molar-refractivity contribution < 1.29 is 13.2 Å². The lowest BCUT2D eigenvalue weighted by Crippen LogP contribution is -2.12. The van der Waals surface area contributed by atoms with Gasteiger partial charge in [-0.25, -0.2) is 8.42 Å². The number of benzene rings is 1. The molecule has 0 bridgehead atoms. The van der Waals surface area contributed by atoms with Crippen LogP contribution in [0.2, 0.25) is 0 Å². The molecule has 76 valence electrons. The first kappa shape index (κ1) is 11.2. The van der Waals surface area contributed by atoms with Gasteiger partial charge in [0.2, 0.25) is 9.05 Å². The first-order chi connectivity index (χ1) is 6.40. The van der Waals surface area contributed by atoms with Crippen molar-refractivity contribution in [3.8, 4) is 0 Å². The van der Waals surface area contributed by atoms with Crippen LogP contribution in [0.3, 0.4) is 0 Å². The highest BCUT2D eigenvalue weighted by molar-refractivity contribution is 8.14. The molecule has 0 unspecified atom stereocenters. The molecule has 1 rings (SSSR count). The van der Waals surface area contributed by atoms with Crippen molar-refractivity contribution in [2.45, 2.75) is 6.92 Å². The molecular formula is C9H9ClO3S. The quantitative estimate of drug-likeness (QED) is 0.589. The summed E-state index contributed by atoms with van der Waals surface area (Å²) in [4.78, 5) is 11.4. The smallest absolute Gasteiger partial charge is 0.240 e. The molecule has 1 aromatic carbocycles. The zero-order valence-corrected chi connectivity index (χ0v) is 9.10. The number of Topliss-reactive ketones (excluding diaryl/α,β-unsaturated/α-hetero) is 1. The van der Waals surface area contributed by atoms with E-state index in [1.54, 1.807) is 31.2 Å². The number of hydrogen-bond acceptors (Lipinski definition) is 3. The molecule has 0 saturated carbocycles. The van der Waals surface area contributed by atoms with Crippen LogP contribution in [0.15, 0.2) is 24.3 Å². The van der Waals surface area contributed by atoms with Gasteiger partial charge < -0.3 is 0 Å². The van der Waals surface area contributed by atoms with E-state index in [0.29, 0.717) is 5.56 Å². The van der Waals surface area contributed by atoms with Crippen molar-refractivity contribution in [1.29, 1.82) is 0 Å². The Kier molecular flexibility index (Phi) is 3.29. The molecule has 0 N–H and O–H groups in total. The summed E-state index contributed by atoms with van der Waals surface area (Å²) in [7, 11) is 1.22. The number of halogens is 1. The maximum atomic E-state index is 11.4. The molecule has 3 nitrogen and oxygen atoms in total. The van der Waals surface area contributed by atoms with E-state index in [2.05, 4.69) is 0 Å². The molecule has 0 spiro atoms. The van der Waals surface area contributed by atoms with Gasteiger partial charge in [-0.15, -0.1) is 0 Å². The van der Waals surface area contributed by atoms with E-state index >= 15 is 0 Å². The van der Waals surface area contributed by atoms with E-state index in [1.807, 2.05) is 0 Å². The van der Waals surface area contributed by atoms with Crippen molar-refractivity contribution in [1.82, 2.24) is 0 Å². The summed E-state index contributed by atoms with van der Waals surface area (Å²) in [6, 6.07) is 6.79. The van der Waals surface area contributed by atoms with Gasteiger partial charge in [0.25, 0.3) is 0 Å². The van der Waals surface area contributed by atoms with E-state index in [9.17, 15) is 13.2 Å². The topological polar surface area (TPSA) is 51.2 Å². The van der Waals surface area contributed by atoms with Crippen molar-refractivity contribution in [3.63, 3.8) is 0 Å². The summed E-state index contributed by atoms with van der Waals surface area (Å²) >= 11 is 0. The van der Waals surface area contributed by atoms with Crippen molar-refractivity contribution >= 4 is 25.5 Å². The third-order valence-corrected chi connectivity index (χ3v) is 2.68. The average Bonchev–Trinajstić information content (AvgIpc) is 2.01. The molecular weight excluding hydrogens is 224 g/mol. The highest BCUT2D eigenvalue weighted by Crippen LogP contribution is 2.10. The molecule has 0 radical (unpaired) electrons. The lowest BCUT2D eigenvalue weighted by atomic mass is 10.1. The summed E-state index contributed by atoms with van der Waals surface area (Å²) in [6.07, 6.45) is 0. The van der Waals surface area contributed by atoms with Gasteiger partial charge in [-0.2, -0.15) is 0 Å². The summed E-state index contributed by atoms with van der Waals surface area (Å²) in [5.41, 5.74) is 1.15. The number of carbonyl (C=O) groups is 1. The van der Waals surface area contributed by atoms with Crippen molar-refractivity contribution in [2.75, 3.05) is 5.75 Å². The Bertz CT molecular complexity index is 451.